The first kappa shape index (κ1) is 17.2. The minimum absolute atomic E-state index is 0.0197. The number of hydrazone groups is 1. The predicted octanol–water partition coefficient (Wildman–Crippen LogP) is 3.90. The van der Waals surface area contributed by atoms with E-state index in [2.05, 4.69) is 17.5 Å². The summed E-state index contributed by atoms with van der Waals surface area (Å²) in [4.78, 5) is 11.6. The van der Waals surface area contributed by atoms with E-state index in [0.29, 0.717) is 13.0 Å². The van der Waals surface area contributed by atoms with E-state index in [9.17, 15) is 4.79 Å². The van der Waals surface area contributed by atoms with Crippen molar-refractivity contribution in [2.45, 2.75) is 52.4 Å². The van der Waals surface area contributed by atoms with Crippen molar-refractivity contribution >= 4 is 12.1 Å². The smallest absolute Gasteiger partial charge is 0.240 e. The summed E-state index contributed by atoms with van der Waals surface area (Å²) in [5, 5.41) is 3.97. The van der Waals surface area contributed by atoms with Gasteiger partial charge in [0.15, 0.2) is 0 Å². The number of rotatable bonds is 10. The quantitative estimate of drug-likeness (QED) is 0.404. The van der Waals surface area contributed by atoms with E-state index in [-0.39, 0.29) is 5.91 Å². The number of nitrogens with zero attached hydrogens (tertiary/aromatic N) is 1. The van der Waals surface area contributed by atoms with E-state index in [4.69, 9.17) is 4.74 Å². The number of ether oxygens (including phenoxy) is 1. The zero-order chi connectivity index (χ0) is 15.3. The predicted molar refractivity (Wildman–Crippen MR) is 86.7 cm³/mol. The van der Waals surface area contributed by atoms with Gasteiger partial charge in [-0.25, -0.2) is 5.43 Å². The molecule has 1 rings (SSSR count). The normalized spacial score (nSPS) is 10.8. The minimum atomic E-state index is -0.0197. The molecule has 116 valence electrons. The number of amides is 1. The standard InChI is InChI=1S/C17H26N2O2/c1-3-5-6-7-8-9-17(20)19-18-14-15-10-12-16(13-11-15)21-4-2/h10-14H,3-9H2,1-2H3,(H,19,20)/b18-14-. The average molecular weight is 290 g/mol. The number of carbonyl (C=O) groups excluding carboxylic acids is 1. The minimum Gasteiger partial charge on any atom is -0.494 e. The lowest BCUT2D eigenvalue weighted by molar-refractivity contribution is -0.121. The highest BCUT2D eigenvalue weighted by atomic mass is 16.5. The van der Waals surface area contributed by atoms with Crippen LogP contribution >= 0.6 is 0 Å². The van der Waals surface area contributed by atoms with Gasteiger partial charge in [-0.2, -0.15) is 5.10 Å². The number of nitrogens with one attached hydrogen (secondary N) is 1. The molecule has 0 bridgehead atoms. The Kier molecular flexibility index (Phi) is 8.93. The Morgan fingerprint density at radius 2 is 1.86 bits per heavy atom. The molecule has 1 aromatic carbocycles. The first-order chi connectivity index (χ1) is 10.3. The highest BCUT2D eigenvalue weighted by molar-refractivity contribution is 5.82. The van der Waals surface area contributed by atoms with Crippen LogP contribution < -0.4 is 10.2 Å². The summed E-state index contributed by atoms with van der Waals surface area (Å²) in [6.45, 7) is 4.79. The van der Waals surface area contributed by atoms with Crippen LogP contribution in [0.4, 0.5) is 0 Å². The van der Waals surface area contributed by atoms with E-state index in [1.54, 1.807) is 6.21 Å². The van der Waals surface area contributed by atoms with Crippen molar-refractivity contribution in [3.05, 3.63) is 29.8 Å². The molecule has 1 aromatic rings. The lowest BCUT2D eigenvalue weighted by atomic mass is 10.1. The second kappa shape index (κ2) is 10.9. The summed E-state index contributed by atoms with van der Waals surface area (Å²) >= 11 is 0. The molecule has 1 amide bonds. The average Bonchev–Trinajstić information content (AvgIpc) is 2.49. The Morgan fingerprint density at radius 1 is 1.14 bits per heavy atom. The molecule has 0 saturated carbocycles. The molecule has 0 saturated heterocycles. The van der Waals surface area contributed by atoms with Crippen LogP contribution in [0.3, 0.4) is 0 Å². The van der Waals surface area contributed by atoms with Gasteiger partial charge in [-0.1, -0.05) is 32.6 Å². The molecule has 4 heteroatoms. The zero-order valence-electron chi connectivity index (χ0n) is 13.1. The van der Waals surface area contributed by atoms with Crippen LogP contribution in [0.25, 0.3) is 0 Å². The van der Waals surface area contributed by atoms with Gasteiger partial charge in [0, 0.05) is 6.42 Å². The highest BCUT2D eigenvalue weighted by Gasteiger charge is 1.99. The fraction of sp³-hybridized carbons (Fsp3) is 0.529. The van der Waals surface area contributed by atoms with Crippen molar-refractivity contribution in [3.8, 4) is 5.75 Å². The second-order valence-corrected chi connectivity index (χ2v) is 4.96. The molecule has 21 heavy (non-hydrogen) atoms. The van der Waals surface area contributed by atoms with Gasteiger partial charge in [0.05, 0.1) is 12.8 Å². The van der Waals surface area contributed by atoms with Crippen LogP contribution in [0.1, 0.15) is 57.9 Å². The summed E-state index contributed by atoms with van der Waals surface area (Å²) < 4.78 is 5.36. The Morgan fingerprint density at radius 3 is 2.52 bits per heavy atom. The molecule has 0 aliphatic carbocycles. The van der Waals surface area contributed by atoms with Crippen LogP contribution in [0.2, 0.25) is 0 Å². The van der Waals surface area contributed by atoms with Gasteiger partial charge >= 0.3 is 0 Å². The summed E-state index contributed by atoms with van der Waals surface area (Å²) in [5.74, 6) is 0.819. The topological polar surface area (TPSA) is 50.7 Å². The maximum atomic E-state index is 11.6. The highest BCUT2D eigenvalue weighted by Crippen LogP contribution is 2.10. The lowest BCUT2D eigenvalue weighted by Gasteiger charge is -2.02. The van der Waals surface area contributed by atoms with E-state index in [1.807, 2.05) is 31.2 Å². The van der Waals surface area contributed by atoms with Gasteiger partial charge in [0.25, 0.3) is 0 Å². The van der Waals surface area contributed by atoms with Crippen molar-refractivity contribution in [2.75, 3.05) is 6.61 Å². The van der Waals surface area contributed by atoms with Crippen molar-refractivity contribution < 1.29 is 9.53 Å². The van der Waals surface area contributed by atoms with E-state index in [0.717, 1.165) is 24.2 Å². The molecule has 0 heterocycles. The molecule has 0 atom stereocenters. The molecule has 4 nitrogen and oxygen atoms in total. The van der Waals surface area contributed by atoms with Crippen LogP contribution in [0.15, 0.2) is 29.4 Å². The monoisotopic (exact) mass is 290 g/mol. The molecular weight excluding hydrogens is 264 g/mol. The molecule has 0 fully saturated rings. The summed E-state index contributed by atoms with van der Waals surface area (Å²) in [5.41, 5.74) is 3.49. The maximum Gasteiger partial charge on any atom is 0.240 e. The lowest BCUT2D eigenvalue weighted by Crippen LogP contribution is -2.16. The first-order valence-corrected chi connectivity index (χ1v) is 7.81. The molecule has 0 unspecified atom stereocenters. The van der Waals surface area contributed by atoms with Gasteiger partial charge in [0.2, 0.25) is 5.91 Å². The Bertz CT molecular complexity index is 427. The Balaban J connectivity index is 2.22. The second-order valence-electron chi connectivity index (χ2n) is 4.96. The molecule has 0 aromatic heterocycles. The summed E-state index contributed by atoms with van der Waals surface area (Å²) in [6, 6.07) is 7.59. The van der Waals surface area contributed by atoms with Crippen LogP contribution in [0, 0.1) is 0 Å². The van der Waals surface area contributed by atoms with Gasteiger partial charge in [-0.15, -0.1) is 0 Å². The number of carbonyl (C=O) groups is 1. The van der Waals surface area contributed by atoms with E-state index in [1.165, 1.54) is 19.3 Å². The SMILES string of the molecule is CCCCCCCC(=O)N/N=C\c1ccc(OCC)cc1. The van der Waals surface area contributed by atoms with Crippen LogP contribution in [-0.2, 0) is 4.79 Å². The number of hydrogen-bond donors (Lipinski definition) is 1. The third-order valence-corrected chi connectivity index (χ3v) is 3.10. The molecule has 1 N–H and O–H groups in total. The Hall–Kier alpha value is -1.84. The fourth-order valence-corrected chi connectivity index (χ4v) is 1.94. The molecule has 0 spiro atoms. The molecule has 0 radical (unpaired) electrons. The van der Waals surface area contributed by atoms with Crippen LogP contribution in [-0.4, -0.2) is 18.7 Å². The van der Waals surface area contributed by atoms with Crippen molar-refractivity contribution in [1.29, 1.82) is 0 Å². The van der Waals surface area contributed by atoms with Crippen LogP contribution in [0.5, 0.6) is 5.75 Å². The maximum absolute atomic E-state index is 11.6. The largest absolute Gasteiger partial charge is 0.494 e. The van der Waals surface area contributed by atoms with Crippen molar-refractivity contribution in [2.24, 2.45) is 5.10 Å². The molecule has 0 aliphatic heterocycles. The van der Waals surface area contributed by atoms with Gasteiger partial charge < -0.3 is 4.74 Å². The van der Waals surface area contributed by atoms with E-state index < -0.39 is 0 Å². The van der Waals surface area contributed by atoms with Gasteiger partial charge in [-0.3, -0.25) is 4.79 Å². The molecular formula is C17H26N2O2. The zero-order valence-corrected chi connectivity index (χ0v) is 13.1. The number of unbranched alkanes of at least 4 members (excludes halogenated alkanes) is 4. The van der Waals surface area contributed by atoms with Crippen molar-refractivity contribution in [1.82, 2.24) is 5.43 Å². The molecule has 0 aliphatic rings. The Labute approximate surface area is 127 Å². The summed E-state index contributed by atoms with van der Waals surface area (Å²) in [7, 11) is 0. The van der Waals surface area contributed by atoms with Gasteiger partial charge in [-0.05, 0) is 43.2 Å². The van der Waals surface area contributed by atoms with Crippen molar-refractivity contribution in [3.63, 3.8) is 0 Å². The third kappa shape index (κ3) is 8.12. The number of hydrogen-bond acceptors (Lipinski definition) is 3. The fourth-order valence-electron chi connectivity index (χ4n) is 1.94. The number of benzene rings is 1. The third-order valence-electron chi connectivity index (χ3n) is 3.10. The van der Waals surface area contributed by atoms with E-state index >= 15 is 0 Å². The first-order valence-electron chi connectivity index (χ1n) is 7.81. The van der Waals surface area contributed by atoms with Gasteiger partial charge in [0.1, 0.15) is 5.75 Å². The summed E-state index contributed by atoms with van der Waals surface area (Å²) in [6.07, 6.45) is 7.92.